The van der Waals surface area contributed by atoms with Crippen LogP contribution < -0.4 is 10.2 Å². The summed E-state index contributed by atoms with van der Waals surface area (Å²) in [7, 11) is 0. The van der Waals surface area contributed by atoms with Gasteiger partial charge in [-0.2, -0.15) is 0 Å². The molecule has 4 nitrogen and oxygen atoms in total. The van der Waals surface area contributed by atoms with Crippen LogP contribution in [0.3, 0.4) is 0 Å². The molecule has 0 radical (unpaired) electrons. The van der Waals surface area contributed by atoms with E-state index in [1.807, 2.05) is 68.4 Å². The van der Waals surface area contributed by atoms with E-state index in [2.05, 4.69) is 12.2 Å². The molecule has 0 saturated carbocycles. The molecule has 0 aliphatic rings. The van der Waals surface area contributed by atoms with Crippen LogP contribution in [0, 0.1) is 0 Å². The second-order valence-corrected chi connectivity index (χ2v) is 5.68. The molecule has 2 aromatic rings. The van der Waals surface area contributed by atoms with Gasteiger partial charge in [0.15, 0.2) is 0 Å². The van der Waals surface area contributed by atoms with Gasteiger partial charge in [-0.1, -0.05) is 49.4 Å². The van der Waals surface area contributed by atoms with Gasteiger partial charge >= 0.3 is 11.8 Å². The van der Waals surface area contributed by atoms with Gasteiger partial charge in [0.25, 0.3) is 0 Å². The molecule has 1 unspecified atom stereocenters. The molecule has 1 N–H and O–H groups in total. The standard InChI is InChI=1S/C20H24N2O2/c1-4-16-11-13-17(14-12-16)15(3)21-19(23)20(24)22(5-2)18-9-7-6-8-10-18/h6-15H,4-5H2,1-3H3,(H,21,23). The Kier molecular flexibility index (Phi) is 6.13. The first-order chi connectivity index (χ1) is 11.6. The molecule has 2 amide bonds. The summed E-state index contributed by atoms with van der Waals surface area (Å²) in [5.41, 5.74) is 2.95. The number of hydrogen-bond donors (Lipinski definition) is 1. The number of hydrogen-bond acceptors (Lipinski definition) is 2. The summed E-state index contributed by atoms with van der Waals surface area (Å²) in [6.45, 7) is 6.27. The number of carbonyl (C=O) groups is 2. The van der Waals surface area contributed by atoms with Crippen molar-refractivity contribution >= 4 is 17.5 Å². The van der Waals surface area contributed by atoms with E-state index in [4.69, 9.17) is 0 Å². The maximum atomic E-state index is 12.5. The van der Waals surface area contributed by atoms with Crippen molar-refractivity contribution in [1.82, 2.24) is 5.32 Å². The van der Waals surface area contributed by atoms with Crippen molar-refractivity contribution in [2.45, 2.75) is 33.2 Å². The third kappa shape index (κ3) is 4.22. The highest BCUT2D eigenvalue weighted by molar-refractivity contribution is 6.40. The second-order valence-electron chi connectivity index (χ2n) is 5.68. The molecule has 24 heavy (non-hydrogen) atoms. The Hall–Kier alpha value is -2.62. The van der Waals surface area contributed by atoms with Crippen LogP contribution in [0.25, 0.3) is 0 Å². The number of carbonyl (C=O) groups excluding carboxylic acids is 2. The number of para-hydroxylation sites is 1. The van der Waals surface area contributed by atoms with E-state index in [0.29, 0.717) is 6.54 Å². The zero-order valence-electron chi connectivity index (χ0n) is 14.5. The first-order valence-corrected chi connectivity index (χ1v) is 8.33. The van der Waals surface area contributed by atoms with E-state index < -0.39 is 11.8 Å². The normalized spacial score (nSPS) is 11.6. The summed E-state index contributed by atoms with van der Waals surface area (Å²) >= 11 is 0. The minimum Gasteiger partial charge on any atom is -0.341 e. The maximum absolute atomic E-state index is 12.5. The van der Waals surface area contributed by atoms with E-state index in [1.165, 1.54) is 10.5 Å². The molecule has 0 aliphatic heterocycles. The van der Waals surface area contributed by atoms with Crippen LogP contribution in [0.15, 0.2) is 54.6 Å². The van der Waals surface area contributed by atoms with Gasteiger partial charge in [-0.25, -0.2) is 0 Å². The van der Waals surface area contributed by atoms with E-state index in [1.54, 1.807) is 0 Å². The number of benzene rings is 2. The molecule has 1 atom stereocenters. The lowest BCUT2D eigenvalue weighted by Crippen LogP contribution is -2.43. The van der Waals surface area contributed by atoms with Crippen molar-refractivity contribution in [3.8, 4) is 0 Å². The van der Waals surface area contributed by atoms with Crippen LogP contribution in [0.2, 0.25) is 0 Å². The SMILES string of the molecule is CCc1ccc(C(C)NC(=O)C(=O)N(CC)c2ccccc2)cc1. The minimum absolute atomic E-state index is 0.221. The lowest BCUT2D eigenvalue weighted by Gasteiger charge is -2.22. The molecule has 0 saturated heterocycles. The van der Waals surface area contributed by atoms with Crippen LogP contribution in [0.1, 0.15) is 37.9 Å². The Morgan fingerprint density at radius 1 is 1.00 bits per heavy atom. The topological polar surface area (TPSA) is 49.4 Å². The fraction of sp³-hybridized carbons (Fsp3) is 0.300. The largest absolute Gasteiger partial charge is 0.341 e. The quantitative estimate of drug-likeness (QED) is 0.856. The molecule has 0 spiro atoms. The van der Waals surface area contributed by atoms with Gasteiger partial charge in [0, 0.05) is 12.2 Å². The highest BCUT2D eigenvalue weighted by atomic mass is 16.2. The third-order valence-electron chi connectivity index (χ3n) is 4.06. The van der Waals surface area contributed by atoms with Gasteiger partial charge in [-0.15, -0.1) is 0 Å². The van der Waals surface area contributed by atoms with E-state index in [9.17, 15) is 9.59 Å². The van der Waals surface area contributed by atoms with Crippen molar-refractivity contribution in [1.29, 1.82) is 0 Å². The number of likely N-dealkylation sites (N-methyl/N-ethyl adjacent to an activating group) is 1. The third-order valence-corrected chi connectivity index (χ3v) is 4.06. The maximum Gasteiger partial charge on any atom is 0.316 e. The summed E-state index contributed by atoms with van der Waals surface area (Å²) < 4.78 is 0. The number of amides is 2. The zero-order chi connectivity index (χ0) is 17.5. The van der Waals surface area contributed by atoms with Crippen molar-refractivity contribution in [2.24, 2.45) is 0 Å². The summed E-state index contributed by atoms with van der Waals surface area (Å²) in [6, 6.07) is 17.1. The average Bonchev–Trinajstić information content (AvgIpc) is 2.63. The predicted molar refractivity (Wildman–Crippen MR) is 96.8 cm³/mol. The molecule has 2 aromatic carbocycles. The number of nitrogens with one attached hydrogen (secondary N) is 1. The van der Waals surface area contributed by atoms with Gasteiger partial charge in [0.05, 0.1) is 6.04 Å². The summed E-state index contributed by atoms with van der Waals surface area (Å²) in [5, 5.41) is 2.79. The minimum atomic E-state index is -0.590. The average molecular weight is 324 g/mol. The Labute approximate surface area is 143 Å². The lowest BCUT2D eigenvalue weighted by atomic mass is 10.0. The summed E-state index contributed by atoms with van der Waals surface area (Å²) in [6.07, 6.45) is 0.974. The molecule has 4 heteroatoms. The Balaban J connectivity index is 2.05. The Morgan fingerprint density at radius 2 is 1.62 bits per heavy atom. The highest BCUT2D eigenvalue weighted by Gasteiger charge is 2.23. The van der Waals surface area contributed by atoms with E-state index in [0.717, 1.165) is 17.7 Å². The summed E-state index contributed by atoms with van der Waals surface area (Å²) in [5.74, 6) is -1.13. The zero-order valence-corrected chi connectivity index (χ0v) is 14.5. The first kappa shape index (κ1) is 17.7. The Morgan fingerprint density at radius 3 is 2.17 bits per heavy atom. The summed E-state index contributed by atoms with van der Waals surface area (Å²) in [4.78, 5) is 26.3. The molecule has 0 aliphatic carbocycles. The van der Waals surface area contributed by atoms with Crippen molar-refractivity contribution < 1.29 is 9.59 Å². The smallest absolute Gasteiger partial charge is 0.316 e. The monoisotopic (exact) mass is 324 g/mol. The van der Waals surface area contributed by atoms with Crippen molar-refractivity contribution in [3.63, 3.8) is 0 Å². The molecular weight excluding hydrogens is 300 g/mol. The molecule has 126 valence electrons. The molecule has 2 rings (SSSR count). The molecule has 0 fully saturated rings. The number of aryl methyl sites for hydroxylation is 1. The van der Waals surface area contributed by atoms with Crippen LogP contribution >= 0.6 is 0 Å². The van der Waals surface area contributed by atoms with Gasteiger partial charge in [-0.05, 0) is 43.5 Å². The fourth-order valence-corrected chi connectivity index (χ4v) is 2.56. The van der Waals surface area contributed by atoms with Crippen LogP contribution in [-0.2, 0) is 16.0 Å². The van der Waals surface area contributed by atoms with Gasteiger partial charge in [-0.3, -0.25) is 9.59 Å². The Bertz CT molecular complexity index is 681. The van der Waals surface area contributed by atoms with Gasteiger partial charge in [0.2, 0.25) is 0 Å². The van der Waals surface area contributed by atoms with Crippen molar-refractivity contribution in [3.05, 3.63) is 65.7 Å². The van der Waals surface area contributed by atoms with Crippen molar-refractivity contribution in [2.75, 3.05) is 11.4 Å². The van der Waals surface area contributed by atoms with Crippen LogP contribution in [0.4, 0.5) is 5.69 Å². The second kappa shape index (κ2) is 8.29. The van der Waals surface area contributed by atoms with E-state index in [-0.39, 0.29) is 6.04 Å². The first-order valence-electron chi connectivity index (χ1n) is 8.33. The molecule has 0 bridgehead atoms. The number of anilines is 1. The molecule has 0 heterocycles. The van der Waals surface area contributed by atoms with Gasteiger partial charge < -0.3 is 10.2 Å². The predicted octanol–water partition coefficient (Wildman–Crippen LogP) is 3.48. The van der Waals surface area contributed by atoms with E-state index >= 15 is 0 Å². The van der Waals surface area contributed by atoms with Crippen LogP contribution in [-0.4, -0.2) is 18.4 Å². The number of rotatable bonds is 5. The molecule has 0 aromatic heterocycles. The highest BCUT2D eigenvalue weighted by Crippen LogP contribution is 2.16. The molecular formula is C20H24N2O2. The lowest BCUT2D eigenvalue weighted by molar-refractivity contribution is -0.138. The number of nitrogens with zero attached hydrogens (tertiary/aromatic N) is 1. The van der Waals surface area contributed by atoms with Gasteiger partial charge in [0.1, 0.15) is 0 Å². The fourth-order valence-electron chi connectivity index (χ4n) is 2.56. The van der Waals surface area contributed by atoms with Crippen LogP contribution in [0.5, 0.6) is 0 Å².